The van der Waals surface area contributed by atoms with Gasteiger partial charge in [0.1, 0.15) is 5.75 Å². The number of rotatable bonds is 5. The number of hydrogen-bond acceptors (Lipinski definition) is 5. The molecule has 6 nitrogen and oxygen atoms in total. The quantitative estimate of drug-likeness (QED) is 0.228. The third kappa shape index (κ3) is 7.30. The summed E-state index contributed by atoms with van der Waals surface area (Å²) in [6.07, 6.45) is -1.77. The van der Waals surface area contributed by atoms with Gasteiger partial charge in [-0.15, -0.1) is 0 Å². The fraction of sp³-hybridized carbons (Fsp3) is 0.345. The van der Waals surface area contributed by atoms with Crippen LogP contribution in [0.2, 0.25) is 0 Å². The summed E-state index contributed by atoms with van der Waals surface area (Å²) in [5.74, 6) is -1.56. The maximum atomic E-state index is 11.9. The number of hydrogen-bond donors (Lipinski definition) is 2. The van der Waals surface area contributed by atoms with Crippen molar-refractivity contribution in [3.05, 3.63) is 75.5 Å². The Balaban J connectivity index is 0.000000231. The van der Waals surface area contributed by atoms with Crippen molar-refractivity contribution in [1.29, 1.82) is 5.26 Å². The molecule has 1 aliphatic carbocycles. The van der Waals surface area contributed by atoms with Crippen LogP contribution in [0, 0.1) is 16.7 Å². The van der Waals surface area contributed by atoms with E-state index in [0.29, 0.717) is 0 Å². The molecular weight excluding hydrogens is 575 g/mol. The number of carbonyl (C=O) groups is 1. The van der Waals surface area contributed by atoms with Crippen LogP contribution >= 0.6 is 15.9 Å². The minimum atomic E-state index is -4.48. The summed E-state index contributed by atoms with van der Waals surface area (Å²) in [4.78, 5) is 14.0. The Hall–Kier alpha value is -3.58. The SMILES string of the molecule is CC(C)(C)CC(C)(C#N)c1ccc2c(c1N)Cc1ccccc1-2.O=C(O)c1cc(OCC(F)(F)F)c(Br)cn1. The van der Waals surface area contributed by atoms with Gasteiger partial charge in [0.2, 0.25) is 0 Å². The van der Waals surface area contributed by atoms with Crippen molar-refractivity contribution in [2.24, 2.45) is 5.41 Å². The Morgan fingerprint density at radius 1 is 1.15 bits per heavy atom. The van der Waals surface area contributed by atoms with Gasteiger partial charge < -0.3 is 15.6 Å². The predicted octanol–water partition coefficient (Wildman–Crippen LogP) is 7.54. The second kappa shape index (κ2) is 11.3. The molecule has 0 fully saturated rings. The van der Waals surface area contributed by atoms with Crippen LogP contribution in [0.25, 0.3) is 11.1 Å². The molecule has 1 atom stereocenters. The van der Waals surface area contributed by atoms with Crippen LogP contribution in [0.3, 0.4) is 0 Å². The second-order valence-corrected chi connectivity index (χ2v) is 11.6. The molecule has 39 heavy (non-hydrogen) atoms. The smallest absolute Gasteiger partial charge is 0.422 e. The molecule has 3 N–H and O–H groups in total. The second-order valence-electron chi connectivity index (χ2n) is 10.8. The number of alkyl halides is 3. The zero-order valence-electron chi connectivity index (χ0n) is 22.0. The Labute approximate surface area is 233 Å². The Morgan fingerprint density at radius 3 is 2.41 bits per heavy atom. The average Bonchev–Trinajstić information content (AvgIpc) is 3.22. The van der Waals surface area contributed by atoms with Crippen molar-refractivity contribution < 1.29 is 27.8 Å². The lowest BCUT2D eigenvalue weighted by Gasteiger charge is -2.31. The standard InChI is InChI=1S/C21H24N2.C8H5BrF3NO3/c1-20(2,3)12-21(4,13-22)18-10-9-16-15-8-6-5-7-14(15)11-17(16)19(18)23;9-4-2-13-5(7(14)15)1-6(4)16-3-8(10,11)12/h5-10H,11-12,23H2,1-4H3;1-2H,3H2,(H,14,15). The van der Waals surface area contributed by atoms with Crippen LogP contribution in [-0.4, -0.2) is 28.8 Å². The van der Waals surface area contributed by atoms with Crippen molar-refractivity contribution in [2.45, 2.75) is 52.1 Å². The van der Waals surface area contributed by atoms with Gasteiger partial charge in [-0.25, -0.2) is 9.78 Å². The van der Waals surface area contributed by atoms with Crippen LogP contribution < -0.4 is 10.5 Å². The molecule has 2 aromatic carbocycles. The van der Waals surface area contributed by atoms with Gasteiger partial charge >= 0.3 is 12.1 Å². The van der Waals surface area contributed by atoms with E-state index in [2.05, 4.69) is 88.9 Å². The molecule has 1 unspecified atom stereocenters. The van der Waals surface area contributed by atoms with Gasteiger partial charge in [0.25, 0.3) is 0 Å². The van der Waals surface area contributed by atoms with E-state index in [-0.39, 0.29) is 21.3 Å². The number of fused-ring (bicyclic) bond motifs is 3. The lowest BCUT2D eigenvalue weighted by atomic mass is 9.71. The van der Waals surface area contributed by atoms with E-state index in [1.165, 1.54) is 22.3 Å². The van der Waals surface area contributed by atoms with Gasteiger partial charge in [-0.1, -0.05) is 57.2 Å². The van der Waals surface area contributed by atoms with Crippen LogP contribution in [0.4, 0.5) is 18.9 Å². The molecule has 0 bridgehead atoms. The van der Waals surface area contributed by atoms with E-state index in [1.807, 2.05) is 6.92 Å². The molecule has 3 aromatic rings. The summed E-state index contributed by atoms with van der Waals surface area (Å²) in [5, 5.41) is 18.4. The summed E-state index contributed by atoms with van der Waals surface area (Å²) in [6.45, 7) is 7.03. The van der Waals surface area contributed by atoms with Gasteiger partial charge in [0, 0.05) is 24.4 Å². The van der Waals surface area contributed by atoms with E-state index in [4.69, 9.17) is 10.8 Å². The molecule has 1 aromatic heterocycles. The van der Waals surface area contributed by atoms with E-state index < -0.39 is 24.2 Å². The largest absolute Gasteiger partial charge is 0.483 e. The number of aromatic carboxylic acids is 1. The minimum absolute atomic E-state index is 0.0684. The van der Waals surface area contributed by atoms with E-state index in [1.54, 1.807) is 0 Å². The van der Waals surface area contributed by atoms with Gasteiger partial charge in [-0.3, -0.25) is 0 Å². The fourth-order valence-electron chi connectivity index (χ4n) is 4.78. The highest BCUT2D eigenvalue weighted by Gasteiger charge is 2.35. The number of nitrogen functional groups attached to an aromatic ring is 1. The first kappa shape index (κ1) is 30.0. The first-order valence-electron chi connectivity index (χ1n) is 12.0. The molecule has 206 valence electrons. The molecule has 10 heteroatoms. The number of carboxylic acids is 1. The van der Waals surface area contributed by atoms with E-state index >= 15 is 0 Å². The van der Waals surface area contributed by atoms with Gasteiger partial charge in [-0.05, 0) is 62.5 Å². The number of benzene rings is 2. The van der Waals surface area contributed by atoms with Gasteiger partial charge in [0.15, 0.2) is 12.3 Å². The summed E-state index contributed by atoms with van der Waals surface area (Å²) < 4.78 is 40.2. The van der Waals surface area contributed by atoms with Crippen LogP contribution in [-0.2, 0) is 11.8 Å². The number of halogens is 4. The summed E-state index contributed by atoms with van der Waals surface area (Å²) in [6, 6.07) is 16.1. The highest BCUT2D eigenvalue weighted by Crippen LogP contribution is 2.45. The normalized spacial score (nSPS) is 13.7. The number of anilines is 1. The Kier molecular flexibility index (Phi) is 8.66. The van der Waals surface area contributed by atoms with Crippen molar-refractivity contribution in [3.63, 3.8) is 0 Å². The zero-order valence-corrected chi connectivity index (χ0v) is 23.6. The highest BCUT2D eigenvalue weighted by molar-refractivity contribution is 9.10. The van der Waals surface area contributed by atoms with Crippen molar-refractivity contribution in [3.8, 4) is 22.9 Å². The topological polar surface area (TPSA) is 109 Å². The van der Waals surface area contributed by atoms with E-state index in [9.17, 15) is 23.2 Å². The highest BCUT2D eigenvalue weighted by atomic mass is 79.9. The zero-order chi connectivity index (χ0) is 29.2. The van der Waals surface area contributed by atoms with Crippen LogP contribution in [0.5, 0.6) is 5.75 Å². The molecule has 0 spiro atoms. The van der Waals surface area contributed by atoms with Crippen molar-refractivity contribution in [1.82, 2.24) is 4.98 Å². The maximum Gasteiger partial charge on any atom is 0.422 e. The molecule has 0 saturated heterocycles. The average molecular weight is 604 g/mol. The maximum absolute atomic E-state index is 11.9. The number of ether oxygens (including phenoxy) is 1. The van der Waals surface area contributed by atoms with Crippen molar-refractivity contribution in [2.75, 3.05) is 12.3 Å². The van der Waals surface area contributed by atoms with Crippen molar-refractivity contribution >= 4 is 27.6 Å². The van der Waals surface area contributed by atoms with Crippen LogP contribution in [0.15, 0.2) is 53.1 Å². The molecule has 1 heterocycles. The number of aromatic nitrogens is 1. The monoisotopic (exact) mass is 603 g/mol. The number of nitrogens with two attached hydrogens (primary N) is 1. The predicted molar refractivity (Wildman–Crippen MR) is 147 cm³/mol. The molecule has 0 aliphatic heterocycles. The number of nitrogens with zero attached hydrogens (tertiary/aromatic N) is 2. The number of carboxylic acid groups (broad SMARTS) is 1. The Morgan fingerprint density at radius 2 is 1.82 bits per heavy atom. The summed E-state index contributed by atoms with van der Waals surface area (Å²) >= 11 is 2.90. The fourth-order valence-corrected chi connectivity index (χ4v) is 5.11. The Bertz CT molecular complexity index is 1430. The van der Waals surface area contributed by atoms with Gasteiger partial charge in [0.05, 0.1) is 16.0 Å². The minimum Gasteiger partial charge on any atom is -0.483 e. The summed E-state index contributed by atoms with van der Waals surface area (Å²) in [7, 11) is 0. The van der Waals surface area contributed by atoms with Gasteiger partial charge in [-0.2, -0.15) is 18.4 Å². The van der Waals surface area contributed by atoms with E-state index in [0.717, 1.165) is 36.4 Å². The lowest BCUT2D eigenvalue weighted by Crippen LogP contribution is -2.28. The molecule has 4 rings (SSSR count). The van der Waals surface area contributed by atoms with Crippen LogP contribution in [0.1, 0.15) is 61.3 Å². The first-order chi connectivity index (χ1) is 18.0. The molecule has 0 saturated carbocycles. The first-order valence-corrected chi connectivity index (χ1v) is 12.8. The molecule has 0 amide bonds. The molecular formula is C29H29BrF3N3O3. The number of pyridine rings is 1. The molecule has 0 radical (unpaired) electrons. The lowest BCUT2D eigenvalue weighted by molar-refractivity contribution is -0.153. The molecule has 1 aliphatic rings. The summed E-state index contributed by atoms with van der Waals surface area (Å²) in [5.41, 5.74) is 12.4. The third-order valence-corrected chi connectivity index (χ3v) is 6.78. The third-order valence-electron chi connectivity index (χ3n) is 6.19. The number of nitriles is 1.